The molecule has 0 saturated carbocycles. The van der Waals surface area contributed by atoms with Crippen LogP contribution in [0.5, 0.6) is 0 Å². The molecule has 15 heavy (non-hydrogen) atoms. The van der Waals surface area contributed by atoms with Gasteiger partial charge in [0.25, 0.3) is 0 Å². The lowest BCUT2D eigenvalue weighted by atomic mass is 10.1. The van der Waals surface area contributed by atoms with E-state index in [2.05, 4.69) is 20.7 Å². The number of rotatable bonds is 4. The second-order valence-electron chi connectivity index (χ2n) is 2.98. The van der Waals surface area contributed by atoms with E-state index >= 15 is 0 Å². The van der Waals surface area contributed by atoms with E-state index < -0.39 is 0 Å². The van der Waals surface area contributed by atoms with Gasteiger partial charge in [-0.15, -0.1) is 0 Å². The van der Waals surface area contributed by atoms with Crippen LogP contribution >= 0.6 is 15.9 Å². The fourth-order valence-corrected chi connectivity index (χ4v) is 1.88. The van der Waals surface area contributed by atoms with Crippen molar-refractivity contribution in [2.75, 3.05) is 7.11 Å². The number of carbonyl (C=O) groups excluding carboxylic acids is 2. The summed E-state index contributed by atoms with van der Waals surface area (Å²) in [5, 5.41) is 0. The molecule has 0 aliphatic carbocycles. The van der Waals surface area contributed by atoms with Crippen LogP contribution in [0.3, 0.4) is 0 Å². The van der Waals surface area contributed by atoms with Crippen LogP contribution in [-0.2, 0) is 16.0 Å². The second-order valence-corrected chi connectivity index (χ2v) is 3.77. The minimum Gasteiger partial charge on any atom is -0.465 e. The molecular formula is C11H11BrO3. The smallest absolute Gasteiger partial charge is 0.339 e. The number of hydrogen-bond donors (Lipinski definition) is 0. The molecule has 0 saturated heterocycles. The molecule has 4 heteroatoms. The highest BCUT2D eigenvalue weighted by molar-refractivity contribution is 9.10. The monoisotopic (exact) mass is 270 g/mol. The van der Waals surface area contributed by atoms with E-state index in [0.717, 1.165) is 11.8 Å². The van der Waals surface area contributed by atoms with Crippen LogP contribution in [0.2, 0.25) is 0 Å². The molecule has 1 rings (SSSR count). The van der Waals surface area contributed by atoms with E-state index in [1.165, 1.54) is 7.11 Å². The Hall–Kier alpha value is -1.16. The maximum Gasteiger partial charge on any atom is 0.339 e. The molecule has 0 aliphatic heterocycles. The van der Waals surface area contributed by atoms with Crippen molar-refractivity contribution in [1.82, 2.24) is 0 Å². The summed E-state index contributed by atoms with van der Waals surface area (Å²) in [5.74, 6) is -0.380. The lowest BCUT2D eigenvalue weighted by Crippen LogP contribution is -2.04. The van der Waals surface area contributed by atoms with Crippen molar-refractivity contribution in [3.8, 4) is 0 Å². The van der Waals surface area contributed by atoms with Gasteiger partial charge in [0.1, 0.15) is 6.29 Å². The van der Waals surface area contributed by atoms with Gasteiger partial charge in [0.05, 0.1) is 12.7 Å². The largest absolute Gasteiger partial charge is 0.465 e. The molecule has 80 valence electrons. The number of aldehydes is 1. The molecule has 0 N–H and O–H groups in total. The summed E-state index contributed by atoms with van der Waals surface area (Å²) < 4.78 is 5.35. The normalized spacial score (nSPS) is 9.73. The van der Waals surface area contributed by atoms with Gasteiger partial charge in [-0.05, 0) is 34.0 Å². The van der Waals surface area contributed by atoms with Gasteiger partial charge < -0.3 is 9.53 Å². The van der Waals surface area contributed by atoms with Crippen molar-refractivity contribution in [2.45, 2.75) is 12.8 Å². The minimum atomic E-state index is -0.380. The van der Waals surface area contributed by atoms with Crippen LogP contribution in [-0.4, -0.2) is 19.4 Å². The van der Waals surface area contributed by atoms with Crippen molar-refractivity contribution in [3.63, 3.8) is 0 Å². The number of methoxy groups -OCH3 is 1. The van der Waals surface area contributed by atoms with E-state index in [9.17, 15) is 9.59 Å². The maximum absolute atomic E-state index is 11.3. The quantitative estimate of drug-likeness (QED) is 0.623. The molecule has 0 atom stereocenters. The fraction of sp³-hybridized carbons (Fsp3) is 0.273. The molecule has 1 aromatic carbocycles. The summed E-state index contributed by atoms with van der Waals surface area (Å²) in [6, 6.07) is 5.33. The van der Waals surface area contributed by atoms with Gasteiger partial charge in [-0.1, -0.05) is 12.1 Å². The number of carbonyl (C=O) groups is 2. The number of aryl methyl sites for hydroxylation is 1. The first-order valence-corrected chi connectivity index (χ1v) is 5.29. The third-order valence-corrected chi connectivity index (χ3v) is 2.95. The van der Waals surface area contributed by atoms with E-state index in [1.807, 2.05) is 6.07 Å². The SMILES string of the molecule is COC(=O)c1cccc(CCC=O)c1Br. The van der Waals surface area contributed by atoms with Crippen molar-refractivity contribution in [3.05, 3.63) is 33.8 Å². The summed E-state index contributed by atoms with van der Waals surface area (Å²) in [6.07, 6.45) is 1.93. The van der Waals surface area contributed by atoms with E-state index in [-0.39, 0.29) is 5.97 Å². The minimum absolute atomic E-state index is 0.380. The second kappa shape index (κ2) is 5.66. The Bertz CT molecular complexity index is 374. The van der Waals surface area contributed by atoms with Crippen molar-refractivity contribution in [2.24, 2.45) is 0 Å². The van der Waals surface area contributed by atoms with Gasteiger partial charge in [-0.3, -0.25) is 0 Å². The molecule has 1 aromatic rings. The Kier molecular flexibility index (Phi) is 4.49. The molecule has 0 fully saturated rings. The number of benzene rings is 1. The predicted molar refractivity (Wildman–Crippen MR) is 59.9 cm³/mol. The third-order valence-electron chi connectivity index (χ3n) is 2.02. The van der Waals surface area contributed by atoms with Crippen LogP contribution in [0.1, 0.15) is 22.3 Å². The molecule has 0 unspecified atom stereocenters. The number of ether oxygens (including phenoxy) is 1. The van der Waals surface area contributed by atoms with E-state index in [0.29, 0.717) is 22.9 Å². The number of halogens is 1. The molecule has 0 spiro atoms. The summed E-state index contributed by atoms with van der Waals surface area (Å²) in [6.45, 7) is 0. The highest BCUT2D eigenvalue weighted by Gasteiger charge is 2.12. The van der Waals surface area contributed by atoms with Gasteiger partial charge in [-0.25, -0.2) is 4.79 Å². The van der Waals surface area contributed by atoms with Crippen LogP contribution < -0.4 is 0 Å². The summed E-state index contributed by atoms with van der Waals surface area (Å²) in [4.78, 5) is 21.6. The highest BCUT2D eigenvalue weighted by Crippen LogP contribution is 2.23. The zero-order valence-corrected chi connectivity index (χ0v) is 9.91. The third kappa shape index (κ3) is 2.89. The number of hydrogen-bond acceptors (Lipinski definition) is 3. The van der Waals surface area contributed by atoms with E-state index in [1.54, 1.807) is 12.1 Å². The van der Waals surface area contributed by atoms with Crippen LogP contribution in [0.15, 0.2) is 22.7 Å². The lowest BCUT2D eigenvalue weighted by molar-refractivity contribution is -0.107. The fourth-order valence-electron chi connectivity index (χ4n) is 1.25. The van der Waals surface area contributed by atoms with Crippen molar-refractivity contribution < 1.29 is 14.3 Å². The molecule has 0 aliphatic rings. The highest BCUT2D eigenvalue weighted by atomic mass is 79.9. The lowest BCUT2D eigenvalue weighted by Gasteiger charge is -2.06. The maximum atomic E-state index is 11.3. The number of esters is 1. The first-order valence-electron chi connectivity index (χ1n) is 4.50. The topological polar surface area (TPSA) is 43.4 Å². The Morgan fingerprint density at radius 2 is 2.27 bits per heavy atom. The van der Waals surface area contributed by atoms with Gasteiger partial charge in [0.15, 0.2) is 0 Å². The average Bonchev–Trinajstić information content (AvgIpc) is 2.27. The summed E-state index contributed by atoms with van der Waals surface area (Å²) in [7, 11) is 1.34. The molecule has 0 bridgehead atoms. The molecule has 0 amide bonds. The summed E-state index contributed by atoms with van der Waals surface area (Å²) in [5.41, 5.74) is 1.42. The molecule has 0 heterocycles. The Morgan fingerprint density at radius 1 is 1.53 bits per heavy atom. The van der Waals surface area contributed by atoms with Crippen molar-refractivity contribution in [1.29, 1.82) is 0 Å². The average molecular weight is 271 g/mol. The zero-order chi connectivity index (χ0) is 11.3. The molecule has 3 nitrogen and oxygen atoms in total. The summed E-state index contributed by atoms with van der Waals surface area (Å²) >= 11 is 3.34. The first kappa shape index (κ1) is 11.9. The van der Waals surface area contributed by atoms with Gasteiger partial charge in [-0.2, -0.15) is 0 Å². The van der Waals surface area contributed by atoms with Gasteiger partial charge in [0.2, 0.25) is 0 Å². The predicted octanol–water partition coefficient (Wildman–Crippen LogP) is 2.37. The Balaban J connectivity index is 2.99. The molecule has 0 radical (unpaired) electrons. The van der Waals surface area contributed by atoms with Crippen LogP contribution in [0.4, 0.5) is 0 Å². The van der Waals surface area contributed by atoms with Gasteiger partial charge >= 0.3 is 5.97 Å². The Labute approximate surface area is 96.6 Å². The van der Waals surface area contributed by atoms with Gasteiger partial charge in [0, 0.05) is 10.9 Å². The molecule has 0 aromatic heterocycles. The van der Waals surface area contributed by atoms with Crippen LogP contribution in [0.25, 0.3) is 0 Å². The standard InChI is InChI=1S/C11H11BrO3/c1-15-11(14)9-6-2-4-8(10(9)12)5-3-7-13/h2,4,6-7H,3,5H2,1H3. The van der Waals surface area contributed by atoms with Crippen LogP contribution in [0, 0.1) is 0 Å². The van der Waals surface area contributed by atoms with E-state index in [4.69, 9.17) is 0 Å². The molecular weight excluding hydrogens is 260 g/mol. The first-order chi connectivity index (χ1) is 7.20. The van der Waals surface area contributed by atoms with Crippen molar-refractivity contribution >= 4 is 28.2 Å². The Morgan fingerprint density at radius 3 is 2.87 bits per heavy atom. The zero-order valence-electron chi connectivity index (χ0n) is 8.33.